The van der Waals surface area contributed by atoms with Gasteiger partial charge in [-0.1, -0.05) is 99.6 Å². The Hall–Kier alpha value is -1.52. The first kappa shape index (κ1) is 27.1. The first-order valence-electron chi connectivity index (χ1n) is 12.5. The molecule has 0 spiro atoms. The van der Waals surface area contributed by atoms with Crippen molar-refractivity contribution in [2.24, 2.45) is 9.98 Å². The Morgan fingerprint density at radius 2 is 1.24 bits per heavy atom. The van der Waals surface area contributed by atoms with Crippen LogP contribution >= 0.6 is 23.5 Å². The lowest BCUT2D eigenvalue weighted by Gasteiger charge is -2.26. The maximum Gasteiger partial charge on any atom is 0.129 e. The third-order valence-electron chi connectivity index (χ3n) is 6.19. The molecule has 1 aliphatic heterocycles. The van der Waals surface area contributed by atoms with Gasteiger partial charge >= 0.3 is 0 Å². The van der Waals surface area contributed by atoms with Gasteiger partial charge in [0.1, 0.15) is 10.1 Å². The van der Waals surface area contributed by atoms with Gasteiger partial charge in [-0.2, -0.15) is 0 Å². The van der Waals surface area contributed by atoms with Gasteiger partial charge in [-0.25, -0.2) is 9.98 Å². The molecule has 0 radical (unpaired) electrons. The summed E-state index contributed by atoms with van der Waals surface area (Å²) in [5, 5.41) is 2.12. The number of aliphatic imine (C=N–C) groups is 2. The van der Waals surface area contributed by atoms with Crippen LogP contribution in [0, 0.1) is 0 Å². The lowest BCUT2D eigenvalue weighted by atomic mass is 9.81. The summed E-state index contributed by atoms with van der Waals surface area (Å²) < 4.78 is 0. The minimum Gasteiger partial charge on any atom is -0.239 e. The molecule has 1 fully saturated rings. The Morgan fingerprint density at radius 3 is 1.71 bits per heavy atom. The van der Waals surface area contributed by atoms with Crippen LogP contribution in [-0.2, 0) is 10.8 Å². The number of thioether (sulfide) groups is 2. The fraction of sp³-hybridized carbons (Fsp3) is 0.533. The normalized spacial score (nSPS) is 17.9. The molecule has 4 heteroatoms. The fourth-order valence-electron chi connectivity index (χ4n) is 4.14. The number of para-hydroxylation sites is 1. The van der Waals surface area contributed by atoms with E-state index in [0.29, 0.717) is 11.8 Å². The maximum absolute atomic E-state index is 5.33. The number of hydrogen-bond donors (Lipinski definition) is 0. The van der Waals surface area contributed by atoms with E-state index in [1.54, 1.807) is 0 Å². The van der Waals surface area contributed by atoms with Crippen LogP contribution in [-0.4, -0.2) is 21.6 Å². The van der Waals surface area contributed by atoms with Gasteiger partial charge in [-0.05, 0) is 51.0 Å². The molecule has 1 saturated heterocycles. The van der Waals surface area contributed by atoms with Gasteiger partial charge in [0.15, 0.2) is 0 Å². The van der Waals surface area contributed by atoms with Crippen LogP contribution in [0.5, 0.6) is 0 Å². The summed E-state index contributed by atoms with van der Waals surface area (Å²) in [5.74, 6) is 2.98. The lowest BCUT2D eigenvalue weighted by molar-refractivity contribution is 0.578. The Labute approximate surface area is 216 Å². The van der Waals surface area contributed by atoms with Crippen molar-refractivity contribution in [3.05, 3.63) is 58.7 Å². The predicted octanol–water partition coefficient (Wildman–Crippen LogP) is 9.77. The lowest BCUT2D eigenvalue weighted by Crippen LogP contribution is -2.17. The van der Waals surface area contributed by atoms with Crippen molar-refractivity contribution in [1.82, 2.24) is 0 Å². The van der Waals surface area contributed by atoms with E-state index in [-0.39, 0.29) is 10.8 Å². The molecule has 2 nitrogen and oxygen atoms in total. The first-order valence-corrected chi connectivity index (χ1v) is 14.5. The van der Waals surface area contributed by atoms with E-state index in [1.165, 1.54) is 22.3 Å². The molecular formula is C30H42N2S2. The summed E-state index contributed by atoms with van der Waals surface area (Å²) in [6, 6.07) is 13.5. The van der Waals surface area contributed by atoms with Crippen molar-refractivity contribution in [2.75, 3.05) is 11.5 Å². The van der Waals surface area contributed by atoms with Gasteiger partial charge < -0.3 is 0 Å². The second-order valence-electron chi connectivity index (χ2n) is 11.9. The first-order chi connectivity index (χ1) is 15.8. The zero-order valence-corrected chi connectivity index (χ0v) is 24.4. The van der Waals surface area contributed by atoms with E-state index in [9.17, 15) is 0 Å². The monoisotopic (exact) mass is 494 g/mol. The van der Waals surface area contributed by atoms with Crippen LogP contribution in [0.1, 0.15) is 103 Å². The topological polar surface area (TPSA) is 24.7 Å². The average Bonchev–Trinajstić information content (AvgIpc) is 2.73. The quantitative estimate of drug-likeness (QED) is 0.422. The van der Waals surface area contributed by atoms with Gasteiger partial charge in [-0.3, -0.25) is 0 Å². The summed E-state index contributed by atoms with van der Waals surface area (Å²) >= 11 is 3.69. The minimum atomic E-state index is 0.0225. The van der Waals surface area contributed by atoms with Crippen molar-refractivity contribution in [3.63, 3.8) is 0 Å². The third kappa shape index (κ3) is 6.37. The molecule has 0 amide bonds. The molecule has 184 valence electrons. The number of benzene rings is 2. The van der Waals surface area contributed by atoms with Crippen LogP contribution in [0.15, 0.2) is 46.4 Å². The smallest absolute Gasteiger partial charge is 0.129 e. The van der Waals surface area contributed by atoms with Gasteiger partial charge in [0.2, 0.25) is 0 Å². The summed E-state index contributed by atoms with van der Waals surface area (Å²) in [4.78, 5) is 10.6. The molecule has 0 atom stereocenters. The number of hydrogen-bond acceptors (Lipinski definition) is 4. The maximum atomic E-state index is 5.33. The van der Waals surface area contributed by atoms with E-state index in [1.807, 2.05) is 23.5 Å². The number of nitrogens with zero attached hydrogens (tertiary/aromatic N) is 2. The van der Waals surface area contributed by atoms with Gasteiger partial charge in [-0.15, -0.1) is 23.5 Å². The fourth-order valence-corrected chi connectivity index (χ4v) is 6.20. The van der Waals surface area contributed by atoms with Crippen molar-refractivity contribution in [3.8, 4) is 0 Å². The Bertz CT molecular complexity index is 1050. The van der Waals surface area contributed by atoms with Crippen molar-refractivity contribution >= 4 is 45.0 Å². The largest absolute Gasteiger partial charge is 0.239 e. The second-order valence-corrected chi connectivity index (χ2v) is 14.0. The molecule has 2 aromatic carbocycles. The van der Waals surface area contributed by atoms with Gasteiger partial charge in [0.25, 0.3) is 0 Å². The molecule has 2 aromatic rings. The summed E-state index contributed by atoms with van der Waals surface area (Å²) in [6.45, 7) is 22.7. The van der Waals surface area contributed by atoms with E-state index in [0.717, 1.165) is 33.0 Å². The molecule has 0 bridgehead atoms. The Kier molecular flexibility index (Phi) is 8.46. The summed E-state index contributed by atoms with van der Waals surface area (Å²) in [6.07, 6.45) is 0. The molecule has 1 heterocycles. The summed E-state index contributed by atoms with van der Waals surface area (Å²) in [5.41, 5.74) is 7.57. The Morgan fingerprint density at radius 1 is 0.706 bits per heavy atom. The standard InChI is InChI=1S/C30H42N2S2/c1-19(2)22-12-11-13-23(20(3)4)26(22)32-28-27(33-16-17-34-28)31-25-18-21(29(5,6)7)14-15-24(25)30(8,9)10/h11-15,18-20H,16-17H2,1-10H3. The molecular weight excluding hydrogens is 452 g/mol. The van der Waals surface area contributed by atoms with Crippen molar-refractivity contribution < 1.29 is 0 Å². The molecule has 0 unspecified atom stereocenters. The Balaban J connectivity index is 2.20. The van der Waals surface area contributed by atoms with Crippen LogP contribution < -0.4 is 0 Å². The highest BCUT2D eigenvalue weighted by atomic mass is 32.2. The number of rotatable bonds is 4. The highest BCUT2D eigenvalue weighted by Gasteiger charge is 2.24. The van der Waals surface area contributed by atoms with E-state index < -0.39 is 0 Å². The van der Waals surface area contributed by atoms with Crippen LogP contribution in [0.25, 0.3) is 0 Å². The zero-order valence-electron chi connectivity index (χ0n) is 22.7. The molecule has 34 heavy (non-hydrogen) atoms. The summed E-state index contributed by atoms with van der Waals surface area (Å²) in [7, 11) is 0. The van der Waals surface area contributed by atoms with Crippen LogP contribution in [0.3, 0.4) is 0 Å². The van der Waals surface area contributed by atoms with E-state index >= 15 is 0 Å². The highest BCUT2D eigenvalue weighted by Crippen LogP contribution is 2.39. The SMILES string of the molecule is CC(C)c1cccc(C(C)C)c1N=C1SCCSC1=Nc1cc(C(C)(C)C)ccc1C(C)(C)C. The zero-order chi connectivity index (χ0) is 25.3. The molecule has 0 aliphatic carbocycles. The van der Waals surface area contributed by atoms with Gasteiger partial charge in [0.05, 0.1) is 11.4 Å². The van der Waals surface area contributed by atoms with Gasteiger partial charge in [0, 0.05) is 11.5 Å². The van der Waals surface area contributed by atoms with E-state index in [2.05, 4.69) is 106 Å². The highest BCUT2D eigenvalue weighted by molar-refractivity contribution is 8.27. The van der Waals surface area contributed by atoms with Crippen LogP contribution in [0.4, 0.5) is 11.4 Å². The predicted molar refractivity (Wildman–Crippen MR) is 158 cm³/mol. The molecule has 1 aliphatic rings. The molecule has 0 N–H and O–H groups in total. The average molecular weight is 495 g/mol. The second kappa shape index (κ2) is 10.6. The minimum absolute atomic E-state index is 0.0225. The van der Waals surface area contributed by atoms with Crippen molar-refractivity contribution in [2.45, 2.75) is 91.9 Å². The van der Waals surface area contributed by atoms with Crippen LogP contribution in [0.2, 0.25) is 0 Å². The molecule has 3 rings (SSSR count). The molecule has 0 aromatic heterocycles. The van der Waals surface area contributed by atoms with E-state index in [4.69, 9.17) is 9.98 Å². The van der Waals surface area contributed by atoms with Crippen molar-refractivity contribution in [1.29, 1.82) is 0 Å². The molecule has 0 saturated carbocycles. The third-order valence-corrected chi connectivity index (χ3v) is 8.51.